The Labute approximate surface area is 188 Å². The molecule has 0 saturated carbocycles. The number of halogens is 3. The van der Waals surface area contributed by atoms with Gasteiger partial charge in [-0.1, -0.05) is 12.1 Å². The van der Waals surface area contributed by atoms with E-state index in [1.54, 1.807) is 31.2 Å². The van der Waals surface area contributed by atoms with Crippen LogP contribution in [0.5, 0.6) is 0 Å². The average Bonchev–Trinajstić information content (AvgIpc) is 2.59. The summed E-state index contributed by atoms with van der Waals surface area (Å²) < 4.78 is 36.7. The molecule has 0 heterocycles. The van der Waals surface area contributed by atoms with Crippen LogP contribution in [0.1, 0.15) is 19.4 Å². The second-order valence-electron chi connectivity index (χ2n) is 4.99. The normalized spacial score (nSPS) is 13.8. The van der Waals surface area contributed by atoms with Gasteiger partial charge in [0.25, 0.3) is 0 Å². The van der Waals surface area contributed by atoms with Gasteiger partial charge in [0, 0.05) is 17.0 Å². The predicted molar refractivity (Wildman–Crippen MR) is 111 cm³/mol. The fourth-order valence-corrected chi connectivity index (χ4v) is 2.07. The minimum Gasteiger partial charge on any atom is -0.741 e. The molecule has 0 aliphatic carbocycles. The Morgan fingerprint density at radius 1 is 1.00 bits per heavy atom. The quantitative estimate of drug-likeness (QED) is 0.141. The van der Waals surface area contributed by atoms with Crippen LogP contribution in [0.3, 0.4) is 0 Å². The van der Waals surface area contributed by atoms with Crippen LogP contribution in [0, 0.1) is 0 Å². The fraction of sp³-hybridized carbons (Fsp3) is 0.333. The van der Waals surface area contributed by atoms with Crippen LogP contribution in [-0.2, 0) is 42.3 Å². The molecule has 157 valence electrons. The second-order valence-corrected chi connectivity index (χ2v) is 6.28. The van der Waals surface area contributed by atoms with E-state index in [4.69, 9.17) is 25.3 Å². The fourth-order valence-electron chi connectivity index (χ4n) is 1.62. The summed E-state index contributed by atoms with van der Waals surface area (Å²) in [5, 5.41) is 20.0. The Morgan fingerprint density at radius 2 is 1.54 bits per heavy atom. The van der Waals surface area contributed by atoms with Crippen molar-refractivity contribution in [3.8, 4) is 0 Å². The van der Waals surface area contributed by atoms with Crippen molar-refractivity contribution < 1.29 is 30.2 Å². The molecule has 0 amide bonds. The number of amidine groups is 2. The van der Waals surface area contributed by atoms with Gasteiger partial charge < -0.3 is 35.9 Å². The van der Waals surface area contributed by atoms with E-state index >= 15 is 0 Å². The van der Waals surface area contributed by atoms with Crippen molar-refractivity contribution in [2.75, 3.05) is 13.1 Å². The summed E-state index contributed by atoms with van der Waals surface area (Å²) in [5.74, 6) is 0. The van der Waals surface area contributed by atoms with E-state index in [1.165, 1.54) is 0 Å². The molecule has 13 heteroatoms. The van der Waals surface area contributed by atoms with Crippen LogP contribution in [-0.4, -0.2) is 41.0 Å². The first-order valence-electron chi connectivity index (χ1n) is 7.58. The van der Waals surface area contributed by atoms with Crippen molar-refractivity contribution in [2.45, 2.75) is 24.9 Å². The Bertz CT molecular complexity index is 748. The van der Waals surface area contributed by atoms with Gasteiger partial charge in [-0.3, -0.25) is 0 Å². The van der Waals surface area contributed by atoms with Crippen LogP contribution < -0.4 is 10.6 Å². The van der Waals surface area contributed by atoms with E-state index in [0.29, 0.717) is 17.8 Å². The molecule has 0 spiro atoms. The molecule has 0 unspecified atom stereocenters. The summed E-state index contributed by atoms with van der Waals surface area (Å²) in [6.07, 6.45) is -4.41. The molecule has 0 fully saturated rings. The molecule has 0 saturated heterocycles. The third-order valence-electron chi connectivity index (χ3n) is 2.78. The predicted octanol–water partition coefficient (Wildman–Crippen LogP) is 2.62. The van der Waals surface area contributed by atoms with Gasteiger partial charge in [0.05, 0.1) is 5.71 Å². The van der Waals surface area contributed by atoms with Gasteiger partial charge in [0.1, 0.15) is 12.3 Å². The van der Waals surface area contributed by atoms with Crippen molar-refractivity contribution in [3.05, 3.63) is 29.8 Å². The van der Waals surface area contributed by atoms with E-state index in [-0.39, 0.29) is 27.9 Å². The van der Waals surface area contributed by atoms with Gasteiger partial charge in [0.2, 0.25) is 0 Å². The first-order chi connectivity index (χ1) is 12.6. The maximum absolute atomic E-state index is 12.2. The zero-order chi connectivity index (χ0) is 20.4. The Kier molecular flexibility index (Phi) is 12.3. The molecule has 2 N–H and O–H groups in total. The maximum Gasteiger partial charge on any atom is 2.00 e. The minimum absolute atomic E-state index is 0. The molecule has 0 aliphatic heterocycles. The van der Waals surface area contributed by atoms with Gasteiger partial charge in [-0.15, -0.1) is 17.7 Å². The van der Waals surface area contributed by atoms with E-state index in [0.717, 1.165) is 4.90 Å². The number of benzene rings is 1. The van der Waals surface area contributed by atoms with Crippen molar-refractivity contribution in [3.63, 3.8) is 0 Å². The molecule has 28 heavy (non-hydrogen) atoms. The Morgan fingerprint density at radius 3 is 2.07 bits per heavy atom. The van der Waals surface area contributed by atoms with E-state index in [9.17, 15) is 13.2 Å². The van der Waals surface area contributed by atoms with Gasteiger partial charge in [-0.25, -0.2) is 0 Å². The van der Waals surface area contributed by atoms with Gasteiger partial charge in [-0.2, -0.15) is 28.5 Å². The summed E-state index contributed by atoms with van der Waals surface area (Å²) in [7, 11) is 0. The molecule has 0 aliphatic rings. The number of rotatable bonds is 6. The summed E-state index contributed by atoms with van der Waals surface area (Å²) >= 11 is 13.9. The Hall–Kier alpha value is -1.40. The third-order valence-corrected chi connectivity index (χ3v) is 3.53. The molecule has 0 aromatic heterocycles. The summed E-state index contributed by atoms with van der Waals surface area (Å²) in [5.41, 5.74) is 1.24. The largest absolute Gasteiger partial charge is 2.00 e. The average molecular weight is 498 g/mol. The Balaban J connectivity index is 0.00000729. The molecular weight excluding hydrogens is 481 g/mol. The van der Waals surface area contributed by atoms with Crippen molar-refractivity contribution in [1.82, 2.24) is 10.6 Å². The molecule has 1 aromatic rings. The number of hydrogen-bond acceptors (Lipinski definition) is 7. The first-order valence-corrected chi connectivity index (χ1v) is 8.85. The van der Waals surface area contributed by atoms with Crippen LogP contribution in [0.25, 0.3) is 0 Å². The zero-order valence-corrected chi connectivity index (χ0v) is 18.2. The SMILES string of the molecule is CCNC([S-])=NN=C(C)C(=NN=C([S-])NCC(F)(F)F)c1ccc(S)cc1.[Cu+2]. The summed E-state index contributed by atoms with van der Waals surface area (Å²) in [4.78, 5) is 0.727. The molecule has 1 radical (unpaired) electrons. The summed E-state index contributed by atoms with van der Waals surface area (Å²) in [6, 6.07) is 6.87. The third kappa shape index (κ3) is 10.8. The summed E-state index contributed by atoms with van der Waals surface area (Å²) in [6.45, 7) is 2.77. The monoisotopic (exact) mass is 497 g/mol. The van der Waals surface area contributed by atoms with Gasteiger partial charge in [-0.05, 0) is 36.3 Å². The number of hydrogen-bond donors (Lipinski definition) is 3. The molecule has 6 nitrogen and oxygen atoms in total. The number of thiol groups is 1. The number of nitrogens with zero attached hydrogens (tertiary/aromatic N) is 4. The zero-order valence-electron chi connectivity index (χ0n) is 14.7. The second kappa shape index (κ2) is 12.9. The molecule has 1 rings (SSSR count). The van der Waals surface area contributed by atoms with Crippen LogP contribution in [0.15, 0.2) is 49.6 Å². The van der Waals surface area contributed by atoms with Crippen molar-refractivity contribution in [2.24, 2.45) is 20.4 Å². The molecule has 0 atom stereocenters. The van der Waals surface area contributed by atoms with E-state index in [2.05, 4.69) is 38.4 Å². The maximum atomic E-state index is 12.2. The van der Waals surface area contributed by atoms with Gasteiger partial charge >= 0.3 is 23.2 Å². The molecule has 0 bridgehead atoms. The number of alkyl halides is 3. The van der Waals surface area contributed by atoms with E-state index in [1.807, 2.05) is 12.2 Å². The topological polar surface area (TPSA) is 73.5 Å². The minimum atomic E-state index is -4.41. The molecule has 1 aromatic carbocycles. The standard InChI is InChI=1S/C15H19F3N6S3.Cu/c1-3-19-13(26)23-21-9(2)12(10-4-6-11(25)7-5-10)22-24-14(27)20-8-15(16,17)18;/h4-7,25H,3,8H2,1-2H3,(H2,19,23,26)(H2,20,24,27);/q;+2/p-2. The first kappa shape index (κ1) is 26.6. The van der Waals surface area contributed by atoms with Crippen LogP contribution in [0.2, 0.25) is 0 Å². The molecular formula is C15H17CuF3N6S3. The van der Waals surface area contributed by atoms with Gasteiger partial charge in [0.15, 0.2) is 0 Å². The van der Waals surface area contributed by atoms with Crippen molar-refractivity contribution in [1.29, 1.82) is 0 Å². The van der Waals surface area contributed by atoms with Crippen LogP contribution >= 0.6 is 12.6 Å². The van der Waals surface area contributed by atoms with E-state index < -0.39 is 17.9 Å². The van der Waals surface area contributed by atoms with Crippen LogP contribution in [0.4, 0.5) is 13.2 Å². The van der Waals surface area contributed by atoms with Crippen molar-refractivity contribution >= 4 is 59.6 Å². The number of nitrogens with one attached hydrogen (secondary N) is 2. The smallest absolute Gasteiger partial charge is 0.741 e.